The summed E-state index contributed by atoms with van der Waals surface area (Å²) in [5, 5.41) is 7.12. The van der Waals surface area contributed by atoms with Gasteiger partial charge in [-0.15, -0.1) is 0 Å². The van der Waals surface area contributed by atoms with E-state index in [0.29, 0.717) is 25.0 Å². The first-order chi connectivity index (χ1) is 15.9. The number of halogens is 3. The van der Waals surface area contributed by atoms with Gasteiger partial charge in [-0.3, -0.25) is 9.69 Å². The summed E-state index contributed by atoms with van der Waals surface area (Å²) in [6.07, 6.45) is -4.13. The van der Waals surface area contributed by atoms with E-state index in [1.165, 1.54) is 5.69 Å². The number of imidazole rings is 1. The average molecular weight is 483 g/mol. The summed E-state index contributed by atoms with van der Waals surface area (Å²) in [4.78, 5) is 31.4. The molecule has 2 aromatic rings. The first-order valence-electron chi connectivity index (χ1n) is 11.3. The molecule has 0 fully saturated rings. The van der Waals surface area contributed by atoms with Gasteiger partial charge in [0.2, 0.25) is 0 Å². The first kappa shape index (κ1) is 27.4. The van der Waals surface area contributed by atoms with Crippen molar-refractivity contribution >= 4 is 11.9 Å². The molecule has 0 unspecified atom stereocenters. The molecule has 7 nitrogen and oxygen atoms in total. The Kier molecular flexibility index (Phi) is 9.26. The summed E-state index contributed by atoms with van der Waals surface area (Å²) >= 11 is 0. The van der Waals surface area contributed by atoms with Gasteiger partial charge in [-0.2, -0.15) is 13.2 Å². The van der Waals surface area contributed by atoms with E-state index < -0.39 is 12.1 Å². The number of nitrogens with zero attached hydrogens (tertiary/aromatic N) is 4. The number of aliphatic carboxylic acids is 1. The number of amides is 1. The van der Waals surface area contributed by atoms with E-state index in [-0.39, 0.29) is 11.9 Å². The van der Waals surface area contributed by atoms with Gasteiger partial charge in [-0.25, -0.2) is 9.78 Å². The second-order valence-corrected chi connectivity index (χ2v) is 8.71. The van der Waals surface area contributed by atoms with Crippen LogP contribution < -0.4 is 0 Å². The molecular weight excluding hydrogens is 449 g/mol. The molecule has 0 bridgehead atoms. The second kappa shape index (κ2) is 11.5. The largest absolute Gasteiger partial charge is 0.490 e. The van der Waals surface area contributed by atoms with Gasteiger partial charge in [0.05, 0.1) is 5.69 Å². The number of carboxylic acids is 1. The van der Waals surface area contributed by atoms with Crippen molar-refractivity contribution in [2.24, 2.45) is 0 Å². The highest BCUT2D eigenvalue weighted by molar-refractivity contribution is 5.91. The molecule has 0 saturated heterocycles. The van der Waals surface area contributed by atoms with Crippen LogP contribution >= 0.6 is 0 Å². The van der Waals surface area contributed by atoms with E-state index in [1.54, 1.807) is 0 Å². The molecule has 0 radical (unpaired) electrons. The van der Waals surface area contributed by atoms with Crippen LogP contribution in [0.5, 0.6) is 0 Å². The molecular formula is C24H33F3N4O3. The molecule has 0 atom stereocenters. The Balaban J connectivity index is 0.000000509. The van der Waals surface area contributed by atoms with Crippen molar-refractivity contribution in [3.05, 3.63) is 53.1 Å². The van der Waals surface area contributed by atoms with Gasteiger partial charge < -0.3 is 14.6 Å². The fraction of sp³-hybridized carbons (Fsp3) is 0.542. The molecule has 1 aliphatic rings. The minimum absolute atomic E-state index is 0.0283. The van der Waals surface area contributed by atoms with Gasteiger partial charge in [0, 0.05) is 50.4 Å². The molecule has 0 saturated carbocycles. The van der Waals surface area contributed by atoms with Gasteiger partial charge >= 0.3 is 12.1 Å². The highest BCUT2D eigenvalue weighted by Gasteiger charge is 2.38. The third-order valence-electron chi connectivity index (χ3n) is 5.65. The lowest BCUT2D eigenvalue weighted by atomic mass is 10.1. The minimum atomic E-state index is -5.08. The molecule has 34 heavy (non-hydrogen) atoms. The standard InChI is InChI=1S/C22H32N4O.C2HF3O2/c1-6-24(14-18-10-8-7-9-11-18)22(27)21-23-19-15-25(16(2)3)13-12-20(19)26(21)17(4)5;3-2(4,5)1(6)7/h7-11,16-17H,6,12-15H2,1-5H3;(H,6,7). The summed E-state index contributed by atoms with van der Waals surface area (Å²) in [6, 6.07) is 10.9. The summed E-state index contributed by atoms with van der Waals surface area (Å²) in [5.41, 5.74) is 3.45. The van der Waals surface area contributed by atoms with Crippen LogP contribution in [-0.2, 0) is 24.3 Å². The van der Waals surface area contributed by atoms with Gasteiger partial charge in [-0.1, -0.05) is 30.3 Å². The maximum Gasteiger partial charge on any atom is 0.490 e. The number of hydrogen-bond donors (Lipinski definition) is 1. The molecule has 1 aliphatic heterocycles. The van der Waals surface area contributed by atoms with Gasteiger partial charge in [0.15, 0.2) is 5.82 Å². The number of rotatable bonds is 6. The molecule has 0 aliphatic carbocycles. The number of carbonyl (C=O) groups excluding carboxylic acids is 1. The lowest BCUT2D eigenvalue weighted by molar-refractivity contribution is -0.192. The third-order valence-corrected chi connectivity index (χ3v) is 5.65. The molecule has 1 aromatic carbocycles. The van der Waals surface area contributed by atoms with Crippen LogP contribution in [0.25, 0.3) is 0 Å². The summed E-state index contributed by atoms with van der Waals surface area (Å²) in [7, 11) is 0. The SMILES string of the molecule is CCN(Cc1ccccc1)C(=O)c1nc2c(n1C(C)C)CCN(C(C)C)C2.O=C(O)C(F)(F)F. The quantitative estimate of drug-likeness (QED) is 0.655. The van der Waals surface area contributed by atoms with Crippen LogP contribution in [0.15, 0.2) is 30.3 Å². The van der Waals surface area contributed by atoms with Crippen molar-refractivity contribution in [1.82, 2.24) is 19.4 Å². The predicted molar refractivity (Wildman–Crippen MR) is 122 cm³/mol. The fourth-order valence-corrected chi connectivity index (χ4v) is 3.85. The van der Waals surface area contributed by atoms with Crippen LogP contribution in [0.1, 0.15) is 68.2 Å². The highest BCUT2D eigenvalue weighted by Crippen LogP contribution is 2.26. The number of benzene rings is 1. The average Bonchev–Trinajstić information content (AvgIpc) is 3.16. The Labute approximate surface area is 198 Å². The second-order valence-electron chi connectivity index (χ2n) is 8.71. The van der Waals surface area contributed by atoms with Crippen molar-refractivity contribution in [2.75, 3.05) is 13.1 Å². The Morgan fingerprint density at radius 1 is 1.12 bits per heavy atom. The number of aromatic nitrogens is 2. The molecule has 10 heteroatoms. The van der Waals surface area contributed by atoms with Gasteiger partial charge in [-0.05, 0) is 40.2 Å². The zero-order valence-corrected chi connectivity index (χ0v) is 20.3. The van der Waals surface area contributed by atoms with E-state index in [2.05, 4.69) is 49.3 Å². The number of fused-ring (bicyclic) bond motifs is 1. The van der Waals surface area contributed by atoms with Crippen molar-refractivity contribution in [3.63, 3.8) is 0 Å². The van der Waals surface area contributed by atoms with Crippen LogP contribution in [-0.4, -0.2) is 61.6 Å². The number of alkyl halides is 3. The van der Waals surface area contributed by atoms with Crippen LogP contribution in [0.4, 0.5) is 13.2 Å². The Morgan fingerprint density at radius 2 is 1.71 bits per heavy atom. The van der Waals surface area contributed by atoms with Crippen LogP contribution in [0.2, 0.25) is 0 Å². The fourth-order valence-electron chi connectivity index (χ4n) is 3.85. The highest BCUT2D eigenvalue weighted by atomic mass is 19.4. The third kappa shape index (κ3) is 6.82. The zero-order valence-electron chi connectivity index (χ0n) is 20.3. The molecule has 0 spiro atoms. The monoisotopic (exact) mass is 482 g/mol. The summed E-state index contributed by atoms with van der Waals surface area (Å²) in [5.74, 6) is -2.13. The molecule has 1 amide bonds. The van der Waals surface area contributed by atoms with E-state index in [9.17, 15) is 18.0 Å². The van der Waals surface area contributed by atoms with E-state index in [1.807, 2.05) is 30.0 Å². The molecule has 3 rings (SSSR count). The Hall–Kier alpha value is -2.88. The van der Waals surface area contributed by atoms with Gasteiger partial charge in [0.1, 0.15) is 0 Å². The van der Waals surface area contributed by atoms with E-state index in [0.717, 1.165) is 30.8 Å². The number of hydrogen-bond acceptors (Lipinski definition) is 4. The van der Waals surface area contributed by atoms with Gasteiger partial charge in [0.25, 0.3) is 5.91 Å². The van der Waals surface area contributed by atoms with Crippen molar-refractivity contribution in [1.29, 1.82) is 0 Å². The van der Waals surface area contributed by atoms with Crippen LogP contribution in [0, 0.1) is 0 Å². The summed E-state index contributed by atoms with van der Waals surface area (Å²) in [6.45, 7) is 13.9. The maximum atomic E-state index is 13.4. The normalized spacial score (nSPS) is 13.9. The van der Waals surface area contributed by atoms with Crippen molar-refractivity contribution in [3.8, 4) is 0 Å². The van der Waals surface area contributed by atoms with Crippen LogP contribution in [0.3, 0.4) is 0 Å². The molecule has 188 valence electrons. The number of carbonyl (C=O) groups is 2. The van der Waals surface area contributed by atoms with Crippen molar-refractivity contribution < 1.29 is 27.9 Å². The lowest BCUT2D eigenvalue weighted by Crippen LogP contribution is -2.36. The molecule has 2 heterocycles. The van der Waals surface area contributed by atoms with Crippen molar-refractivity contribution in [2.45, 2.75) is 72.4 Å². The Morgan fingerprint density at radius 3 is 2.18 bits per heavy atom. The summed E-state index contributed by atoms with van der Waals surface area (Å²) < 4.78 is 33.9. The predicted octanol–water partition coefficient (Wildman–Crippen LogP) is 4.53. The first-order valence-corrected chi connectivity index (χ1v) is 11.3. The zero-order chi connectivity index (χ0) is 25.6. The number of carboxylic acid groups (broad SMARTS) is 1. The maximum absolute atomic E-state index is 13.4. The lowest BCUT2D eigenvalue weighted by Gasteiger charge is -2.30. The smallest absolute Gasteiger partial charge is 0.475 e. The Bertz CT molecular complexity index is 972. The van der Waals surface area contributed by atoms with E-state index in [4.69, 9.17) is 14.9 Å². The minimum Gasteiger partial charge on any atom is -0.475 e. The topological polar surface area (TPSA) is 78.7 Å². The molecule has 1 N–H and O–H groups in total. The molecule has 1 aromatic heterocycles. The van der Waals surface area contributed by atoms with E-state index >= 15 is 0 Å².